The molecule has 0 radical (unpaired) electrons. The molecule has 0 heterocycles. The summed E-state index contributed by atoms with van der Waals surface area (Å²) >= 11 is 0. The third-order valence-corrected chi connectivity index (χ3v) is 2.22. The average molecular weight is 259 g/mol. The first-order chi connectivity index (χ1) is 9.18. The third-order valence-electron chi connectivity index (χ3n) is 2.22. The largest absolute Gasteiger partial charge is 0.465 e. The van der Waals surface area contributed by atoms with Gasteiger partial charge in [-0.3, -0.25) is 0 Å². The molecule has 0 saturated heterocycles. The van der Waals surface area contributed by atoms with Crippen LogP contribution in [0.3, 0.4) is 0 Å². The van der Waals surface area contributed by atoms with E-state index < -0.39 is 6.09 Å². The summed E-state index contributed by atoms with van der Waals surface area (Å²) in [5.74, 6) is 0. The molecule has 0 fully saturated rings. The standard InChI is InChI=1S/C14H14O.CH3NO2/c1-3-7-13(8-4-1)11-15-12-14-9-5-2-6-10-14;2-1(3)4/h1-10H,11-12H2;2H2,(H,3,4). The molecular weight excluding hydrogens is 242 g/mol. The molecule has 0 aliphatic heterocycles. The van der Waals surface area contributed by atoms with Gasteiger partial charge in [0, 0.05) is 0 Å². The van der Waals surface area contributed by atoms with Gasteiger partial charge in [-0.25, -0.2) is 4.79 Å². The second-order valence-electron chi connectivity index (χ2n) is 3.80. The lowest BCUT2D eigenvalue weighted by molar-refractivity contribution is 0.107. The maximum atomic E-state index is 8.78. The Balaban J connectivity index is 0.000000399. The minimum atomic E-state index is -1.33. The number of hydrogen-bond acceptors (Lipinski definition) is 2. The summed E-state index contributed by atoms with van der Waals surface area (Å²) in [4.78, 5) is 8.78. The Hall–Kier alpha value is -2.33. The van der Waals surface area contributed by atoms with Gasteiger partial charge in [-0.05, 0) is 11.1 Å². The molecule has 2 rings (SSSR count). The third kappa shape index (κ3) is 7.57. The highest BCUT2D eigenvalue weighted by Gasteiger charge is 1.93. The number of primary amides is 1. The molecule has 4 heteroatoms. The summed E-state index contributed by atoms with van der Waals surface area (Å²) < 4.78 is 5.61. The molecule has 0 bridgehead atoms. The molecule has 2 aromatic carbocycles. The van der Waals surface area contributed by atoms with Gasteiger partial charge in [-0.2, -0.15) is 0 Å². The lowest BCUT2D eigenvalue weighted by Crippen LogP contribution is -2.03. The van der Waals surface area contributed by atoms with Crippen LogP contribution in [0.4, 0.5) is 4.79 Å². The summed E-state index contributed by atoms with van der Waals surface area (Å²) in [6.07, 6.45) is -1.33. The van der Waals surface area contributed by atoms with Gasteiger partial charge in [0.05, 0.1) is 13.2 Å². The van der Waals surface area contributed by atoms with Crippen LogP contribution in [0.1, 0.15) is 11.1 Å². The second kappa shape index (κ2) is 8.72. The van der Waals surface area contributed by atoms with Crippen molar-refractivity contribution in [2.75, 3.05) is 0 Å². The summed E-state index contributed by atoms with van der Waals surface area (Å²) in [7, 11) is 0. The van der Waals surface area contributed by atoms with Crippen molar-refractivity contribution < 1.29 is 14.6 Å². The molecule has 0 aliphatic carbocycles. The first-order valence-corrected chi connectivity index (χ1v) is 5.82. The van der Waals surface area contributed by atoms with E-state index in [1.165, 1.54) is 11.1 Å². The topological polar surface area (TPSA) is 72.6 Å². The fourth-order valence-electron chi connectivity index (χ4n) is 1.44. The Morgan fingerprint density at radius 1 is 0.895 bits per heavy atom. The minimum absolute atomic E-state index is 0.676. The van der Waals surface area contributed by atoms with Crippen LogP contribution in [0, 0.1) is 0 Å². The van der Waals surface area contributed by atoms with Gasteiger partial charge in [0.1, 0.15) is 0 Å². The number of ether oxygens (including phenoxy) is 1. The lowest BCUT2D eigenvalue weighted by Gasteiger charge is -2.03. The molecule has 0 spiro atoms. The number of hydrogen-bond donors (Lipinski definition) is 2. The molecule has 0 unspecified atom stereocenters. The summed E-state index contributed by atoms with van der Waals surface area (Å²) in [5.41, 5.74) is 6.46. The Morgan fingerprint density at radius 2 is 1.21 bits per heavy atom. The maximum Gasteiger partial charge on any atom is 0.402 e. The molecule has 19 heavy (non-hydrogen) atoms. The van der Waals surface area contributed by atoms with Crippen LogP contribution < -0.4 is 5.73 Å². The molecule has 100 valence electrons. The van der Waals surface area contributed by atoms with Crippen LogP contribution in [-0.4, -0.2) is 11.2 Å². The quantitative estimate of drug-likeness (QED) is 0.886. The highest BCUT2D eigenvalue weighted by molar-refractivity contribution is 5.61. The minimum Gasteiger partial charge on any atom is -0.465 e. The van der Waals surface area contributed by atoms with Gasteiger partial charge in [0.2, 0.25) is 0 Å². The molecular formula is C15H17NO3. The smallest absolute Gasteiger partial charge is 0.402 e. The van der Waals surface area contributed by atoms with Crippen molar-refractivity contribution in [2.24, 2.45) is 5.73 Å². The summed E-state index contributed by atoms with van der Waals surface area (Å²) in [6, 6.07) is 20.4. The summed E-state index contributed by atoms with van der Waals surface area (Å²) in [6.45, 7) is 1.35. The predicted octanol–water partition coefficient (Wildman–Crippen LogP) is 3.03. The van der Waals surface area contributed by atoms with Gasteiger partial charge in [-0.1, -0.05) is 60.7 Å². The first kappa shape index (κ1) is 14.7. The van der Waals surface area contributed by atoms with E-state index in [1.807, 2.05) is 36.4 Å². The van der Waals surface area contributed by atoms with E-state index in [0.29, 0.717) is 13.2 Å². The van der Waals surface area contributed by atoms with Gasteiger partial charge < -0.3 is 15.6 Å². The predicted molar refractivity (Wildman–Crippen MR) is 73.6 cm³/mol. The number of benzene rings is 2. The van der Waals surface area contributed by atoms with Crippen molar-refractivity contribution in [3.05, 3.63) is 71.8 Å². The maximum absolute atomic E-state index is 8.78. The van der Waals surface area contributed by atoms with E-state index in [1.54, 1.807) is 0 Å². The number of rotatable bonds is 4. The van der Waals surface area contributed by atoms with Crippen molar-refractivity contribution in [1.82, 2.24) is 0 Å². The van der Waals surface area contributed by atoms with Gasteiger partial charge in [-0.15, -0.1) is 0 Å². The van der Waals surface area contributed by atoms with Crippen molar-refractivity contribution in [1.29, 1.82) is 0 Å². The van der Waals surface area contributed by atoms with Crippen molar-refractivity contribution >= 4 is 6.09 Å². The van der Waals surface area contributed by atoms with Crippen LogP contribution >= 0.6 is 0 Å². The Labute approximate surface area is 112 Å². The van der Waals surface area contributed by atoms with Crippen molar-refractivity contribution in [3.8, 4) is 0 Å². The zero-order valence-electron chi connectivity index (χ0n) is 10.5. The van der Waals surface area contributed by atoms with E-state index >= 15 is 0 Å². The normalized spacial score (nSPS) is 9.26. The van der Waals surface area contributed by atoms with Crippen LogP contribution in [-0.2, 0) is 18.0 Å². The fourth-order valence-corrected chi connectivity index (χ4v) is 1.44. The molecule has 1 amide bonds. The summed E-state index contributed by atoms with van der Waals surface area (Å²) in [5, 5.41) is 7.19. The highest BCUT2D eigenvalue weighted by Crippen LogP contribution is 2.05. The SMILES string of the molecule is NC(=O)O.c1ccc(COCc2ccccc2)cc1. The molecule has 0 atom stereocenters. The van der Waals surface area contributed by atoms with Crippen LogP contribution in [0.2, 0.25) is 0 Å². The van der Waals surface area contributed by atoms with Crippen LogP contribution in [0.25, 0.3) is 0 Å². The molecule has 0 aliphatic rings. The van der Waals surface area contributed by atoms with Gasteiger partial charge >= 0.3 is 6.09 Å². The first-order valence-electron chi connectivity index (χ1n) is 5.82. The molecule has 0 aromatic heterocycles. The van der Waals surface area contributed by atoms with Gasteiger partial charge in [0.15, 0.2) is 0 Å². The number of carbonyl (C=O) groups is 1. The van der Waals surface area contributed by atoms with Crippen LogP contribution in [0.5, 0.6) is 0 Å². The Morgan fingerprint density at radius 3 is 1.53 bits per heavy atom. The van der Waals surface area contributed by atoms with E-state index in [9.17, 15) is 0 Å². The van der Waals surface area contributed by atoms with Gasteiger partial charge in [0.25, 0.3) is 0 Å². The molecule has 2 aromatic rings. The number of nitrogens with two attached hydrogens (primary N) is 1. The lowest BCUT2D eigenvalue weighted by atomic mass is 10.2. The highest BCUT2D eigenvalue weighted by atomic mass is 16.5. The van der Waals surface area contributed by atoms with Crippen molar-refractivity contribution in [3.63, 3.8) is 0 Å². The molecule has 0 saturated carbocycles. The van der Waals surface area contributed by atoms with E-state index in [0.717, 1.165) is 0 Å². The van der Waals surface area contributed by atoms with E-state index in [4.69, 9.17) is 14.6 Å². The zero-order chi connectivity index (χ0) is 13.9. The van der Waals surface area contributed by atoms with E-state index in [-0.39, 0.29) is 0 Å². The number of amides is 1. The zero-order valence-corrected chi connectivity index (χ0v) is 10.5. The Bertz CT molecular complexity index is 428. The van der Waals surface area contributed by atoms with Crippen molar-refractivity contribution in [2.45, 2.75) is 13.2 Å². The second-order valence-corrected chi connectivity index (χ2v) is 3.80. The Kier molecular flexibility index (Phi) is 6.76. The number of carboxylic acid groups (broad SMARTS) is 1. The van der Waals surface area contributed by atoms with Crippen LogP contribution in [0.15, 0.2) is 60.7 Å². The monoisotopic (exact) mass is 259 g/mol. The fraction of sp³-hybridized carbons (Fsp3) is 0.133. The molecule has 4 nitrogen and oxygen atoms in total. The van der Waals surface area contributed by atoms with E-state index in [2.05, 4.69) is 30.0 Å². The average Bonchev–Trinajstić information content (AvgIpc) is 2.41. The molecule has 3 N–H and O–H groups in total.